The molecule has 1 heterocycles. The third kappa shape index (κ3) is 4.49. The van der Waals surface area contributed by atoms with Crippen LogP contribution in [0, 0.1) is 5.82 Å². The third-order valence-corrected chi connectivity index (χ3v) is 6.40. The molecule has 8 heteroatoms. The fourth-order valence-corrected chi connectivity index (χ4v) is 4.85. The lowest BCUT2D eigenvalue weighted by atomic mass is 10.1. The topological polar surface area (TPSA) is 66.9 Å². The molecule has 0 N–H and O–H groups in total. The summed E-state index contributed by atoms with van der Waals surface area (Å²) in [6, 6.07) is 3.86. The minimum absolute atomic E-state index is 0.0458. The number of hydrogen-bond acceptors (Lipinski definition) is 4. The zero-order valence-corrected chi connectivity index (χ0v) is 15.7. The van der Waals surface area contributed by atoms with E-state index < -0.39 is 21.9 Å². The predicted octanol–water partition coefficient (Wildman–Crippen LogP) is 2.00. The molecule has 1 atom stereocenters. The number of carbonyl (C=O) groups excluding carboxylic acids is 1. The summed E-state index contributed by atoms with van der Waals surface area (Å²) in [5.41, 5.74) is 0.620. The second-order valence-electron chi connectivity index (χ2n) is 6.25. The SMILES string of the molecule is CCCS(=O)(=O)N1CCCC1C(=O)N(C)Cc1ccc(OC)c(F)c1. The summed E-state index contributed by atoms with van der Waals surface area (Å²) in [4.78, 5) is 14.2. The first kappa shape index (κ1) is 19.7. The van der Waals surface area contributed by atoms with Crippen LogP contribution in [-0.2, 0) is 21.4 Å². The molecule has 0 spiro atoms. The van der Waals surface area contributed by atoms with E-state index in [-0.39, 0.29) is 24.0 Å². The molecule has 1 amide bonds. The van der Waals surface area contributed by atoms with Gasteiger partial charge in [0.05, 0.1) is 12.9 Å². The highest BCUT2D eigenvalue weighted by atomic mass is 32.2. The molecule has 2 rings (SSSR count). The van der Waals surface area contributed by atoms with Crippen LogP contribution in [0.1, 0.15) is 31.7 Å². The minimum Gasteiger partial charge on any atom is -0.494 e. The number of rotatable bonds is 7. The largest absolute Gasteiger partial charge is 0.494 e. The molecule has 1 aromatic rings. The van der Waals surface area contributed by atoms with Crippen molar-refractivity contribution in [2.45, 2.75) is 38.8 Å². The van der Waals surface area contributed by atoms with Crippen molar-refractivity contribution in [3.8, 4) is 5.75 Å². The first-order valence-corrected chi connectivity index (χ1v) is 9.98. The number of hydrogen-bond donors (Lipinski definition) is 0. The van der Waals surface area contributed by atoms with Gasteiger partial charge in [-0.3, -0.25) is 4.79 Å². The van der Waals surface area contributed by atoms with E-state index in [1.54, 1.807) is 20.0 Å². The maximum atomic E-state index is 13.8. The summed E-state index contributed by atoms with van der Waals surface area (Å²) in [7, 11) is -0.424. The summed E-state index contributed by atoms with van der Waals surface area (Å²) in [6.45, 7) is 2.39. The van der Waals surface area contributed by atoms with Gasteiger partial charge in [0.25, 0.3) is 0 Å². The van der Waals surface area contributed by atoms with E-state index in [4.69, 9.17) is 4.74 Å². The van der Waals surface area contributed by atoms with Gasteiger partial charge in [0, 0.05) is 20.1 Å². The Morgan fingerprint density at radius 3 is 2.76 bits per heavy atom. The molecule has 0 bridgehead atoms. The van der Waals surface area contributed by atoms with E-state index in [0.717, 1.165) is 0 Å². The Bertz CT molecular complexity index is 723. The maximum absolute atomic E-state index is 13.8. The number of likely N-dealkylation sites (N-methyl/N-ethyl adjacent to an activating group) is 1. The number of carbonyl (C=O) groups is 1. The molecule has 0 saturated carbocycles. The number of ether oxygens (including phenoxy) is 1. The molecule has 1 aliphatic rings. The number of sulfonamides is 1. The van der Waals surface area contributed by atoms with E-state index in [1.165, 1.54) is 28.4 Å². The van der Waals surface area contributed by atoms with Gasteiger partial charge in [-0.05, 0) is 37.0 Å². The summed E-state index contributed by atoms with van der Waals surface area (Å²) >= 11 is 0. The molecule has 6 nitrogen and oxygen atoms in total. The van der Waals surface area contributed by atoms with Crippen molar-refractivity contribution in [3.05, 3.63) is 29.6 Å². The van der Waals surface area contributed by atoms with Crippen molar-refractivity contribution < 1.29 is 22.3 Å². The Morgan fingerprint density at radius 1 is 1.44 bits per heavy atom. The normalized spacial score (nSPS) is 18.3. The number of nitrogens with zero attached hydrogens (tertiary/aromatic N) is 2. The van der Waals surface area contributed by atoms with Gasteiger partial charge >= 0.3 is 0 Å². The van der Waals surface area contributed by atoms with Crippen molar-refractivity contribution in [2.24, 2.45) is 0 Å². The van der Waals surface area contributed by atoms with E-state index in [9.17, 15) is 17.6 Å². The van der Waals surface area contributed by atoms with Crippen LogP contribution in [0.25, 0.3) is 0 Å². The third-order valence-electron chi connectivity index (χ3n) is 4.32. The molecular formula is C17H25FN2O4S. The lowest BCUT2D eigenvalue weighted by molar-refractivity contribution is -0.133. The fraction of sp³-hybridized carbons (Fsp3) is 0.588. The van der Waals surface area contributed by atoms with E-state index in [0.29, 0.717) is 31.4 Å². The Hall–Kier alpha value is -1.67. The van der Waals surface area contributed by atoms with Gasteiger partial charge in [0.15, 0.2) is 11.6 Å². The number of halogens is 1. The molecule has 25 heavy (non-hydrogen) atoms. The van der Waals surface area contributed by atoms with Gasteiger partial charge in [-0.2, -0.15) is 4.31 Å². The van der Waals surface area contributed by atoms with E-state index >= 15 is 0 Å². The molecular weight excluding hydrogens is 347 g/mol. The van der Waals surface area contributed by atoms with E-state index in [1.807, 2.05) is 0 Å². The second kappa shape index (κ2) is 8.14. The first-order valence-electron chi connectivity index (χ1n) is 8.37. The highest BCUT2D eigenvalue weighted by Crippen LogP contribution is 2.24. The van der Waals surface area contributed by atoms with Crippen LogP contribution in [0.4, 0.5) is 4.39 Å². The fourth-order valence-electron chi connectivity index (χ4n) is 3.11. The monoisotopic (exact) mass is 372 g/mol. The van der Waals surface area contributed by atoms with Crippen molar-refractivity contribution >= 4 is 15.9 Å². The zero-order valence-electron chi connectivity index (χ0n) is 14.9. The van der Waals surface area contributed by atoms with Gasteiger partial charge in [0.1, 0.15) is 6.04 Å². The van der Waals surface area contributed by atoms with Gasteiger partial charge < -0.3 is 9.64 Å². The standard InChI is InChI=1S/C17H25FN2O4S/c1-4-10-25(22,23)20-9-5-6-15(20)17(21)19(2)12-13-7-8-16(24-3)14(18)11-13/h7-8,11,15H,4-6,9-10,12H2,1-3H3. The van der Waals surface area contributed by atoms with Gasteiger partial charge in [-0.25, -0.2) is 12.8 Å². The van der Waals surface area contributed by atoms with Crippen LogP contribution in [0.5, 0.6) is 5.75 Å². The lowest BCUT2D eigenvalue weighted by Crippen LogP contribution is -2.46. The molecule has 1 saturated heterocycles. The lowest BCUT2D eigenvalue weighted by Gasteiger charge is -2.27. The average molecular weight is 372 g/mol. The van der Waals surface area contributed by atoms with Crippen molar-refractivity contribution in [3.63, 3.8) is 0 Å². The van der Waals surface area contributed by atoms with Crippen LogP contribution in [0.2, 0.25) is 0 Å². The molecule has 0 aliphatic carbocycles. The first-order chi connectivity index (χ1) is 11.8. The van der Waals surface area contributed by atoms with Crippen LogP contribution in [0.3, 0.4) is 0 Å². The van der Waals surface area contributed by atoms with Crippen LogP contribution in [-0.4, -0.2) is 56.0 Å². The Morgan fingerprint density at radius 2 is 2.16 bits per heavy atom. The number of benzene rings is 1. The molecule has 1 unspecified atom stereocenters. The minimum atomic E-state index is -3.42. The van der Waals surface area contributed by atoms with Gasteiger partial charge in [0.2, 0.25) is 15.9 Å². The summed E-state index contributed by atoms with van der Waals surface area (Å²) in [5, 5.41) is 0. The van der Waals surface area contributed by atoms with E-state index in [2.05, 4.69) is 0 Å². The molecule has 1 aliphatic heterocycles. The van der Waals surface area contributed by atoms with Crippen LogP contribution >= 0.6 is 0 Å². The molecule has 1 fully saturated rings. The smallest absolute Gasteiger partial charge is 0.241 e. The summed E-state index contributed by atoms with van der Waals surface area (Å²) in [6.07, 6.45) is 1.70. The van der Waals surface area contributed by atoms with Crippen LogP contribution in [0.15, 0.2) is 18.2 Å². The Balaban J connectivity index is 2.10. The average Bonchev–Trinajstić information content (AvgIpc) is 3.04. The van der Waals surface area contributed by atoms with Crippen molar-refractivity contribution in [1.82, 2.24) is 9.21 Å². The molecule has 1 aromatic carbocycles. The second-order valence-corrected chi connectivity index (χ2v) is 8.29. The van der Waals surface area contributed by atoms with Crippen molar-refractivity contribution in [1.29, 1.82) is 0 Å². The summed E-state index contributed by atoms with van der Waals surface area (Å²) < 4.78 is 44.7. The molecule has 0 aromatic heterocycles. The number of amides is 1. The summed E-state index contributed by atoms with van der Waals surface area (Å²) in [5.74, 6) is -0.558. The quantitative estimate of drug-likeness (QED) is 0.734. The van der Waals surface area contributed by atoms with Crippen molar-refractivity contribution in [2.75, 3.05) is 26.5 Å². The van der Waals surface area contributed by atoms with Crippen LogP contribution < -0.4 is 4.74 Å². The highest BCUT2D eigenvalue weighted by molar-refractivity contribution is 7.89. The molecule has 140 valence electrons. The van der Waals surface area contributed by atoms with Gasteiger partial charge in [-0.15, -0.1) is 0 Å². The number of methoxy groups -OCH3 is 1. The highest BCUT2D eigenvalue weighted by Gasteiger charge is 2.39. The predicted molar refractivity (Wildman–Crippen MR) is 93.2 cm³/mol. The maximum Gasteiger partial charge on any atom is 0.241 e. The Kier molecular flexibility index (Phi) is 6.40. The molecule has 0 radical (unpaired) electrons. The Labute approximate surface area is 148 Å². The van der Waals surface area contributed by atoms with Gasteiger partial charge in [-0.1, -0.05) is 13.0 Å². The zero-order chi connectivity index (χ0) is 18.6.